The third-order valence-corrected chi connectivity index (χ3v) is 6.05. The Morgan fingerprint density at radius 1 is 1.24 bits per heavy atom. The van der Waals surface area contributed by atoms with E-state index in [0.717, 1.165) is 12.8 Å². The lowest BCUT2D eigenvalue weighted by molar-refractivity contribution is -0.138. The molecule has 3 N–H and O–H groups in total. The molecule has 1 aliphatic rings. The van der Waals surface area contributed by atoms with Gasteiger partial charge in [0.2, 0.25) is 10.0 Å². The second kappa shape index (κ2) is 7.53. The maximum absolute atomic E-state index is 12.6. The van der Waals surface area contributed by atoms with E-state index < -0.39 is 27.4 Å². The standard InChI is InChI=1S/C17H24N2O5S/c1-3-17(4-2,11-15(20)21)18-16(22)12-6-5-7-14(10-12)25(23,24)19-13-8-9-13/h5-7,10,13,19H,3-4,8-9,11H2,1-2H3,(H,18,22)(H,20,21). The lowest BCUT2D eigenvalue weighted by atomic mass is 9.88. The number of amides is 1. The summed E-state index contributed by atoms with van der Waals surface area (Å²) in [7, 11) is -3.65. The molecule has 0 heterocycles. The minimum Gasteiger partial charge on any atom is -0.481 e. The summed E-state index contributed by atoms with van der Waals surface area (Å²) in [6.07, 6.45) is 2.38. The zero-order chi connectivity index (χ0) is 18.7. The van der Waals surface area contributed by atoms with E-state index in [9.17, 15) is 18.0 Å². The summed E-state index contributed by atoms with van der Waals surface area (Å²) in [4.78, 5) is 23.7. The first-order valence-corrected chi connectivity index (χ1v) is 9.86. The summed E-state index contributed by atoms with van der Waals surface area (Å²) >= 11 is 0. The molecule has 1 fully saturated rings. The predicted octanol–water partition coefficient (Wildman–Crippen LogP) is 1.89. The van der Waals surface area contributed by atoms with Crippen LogP contribution in [0.4, 0.5) is 0 Å². The fourth-order valence-electron chi connectivity index (χ4n) is 2.62. The number of carboxylic acid groups (broad SMARTS) is 1. The molecule has 2 rings (SSSR count). The molecule has 0 bridgehead atoms. The van der Waals surface area contributed by atoms with Gasteiger partial charge in [-0.15, -0.1) is 0 Å². The number of carbonyl (C=O) groups is 2. The highest BCUT2D eigenvalue weighted by atomic mass is 32.2. The van der Waals surface area contributed by atoms with Gasteiger partial charge in [-0.2, -0.15) is 0 Å². The highest BCUT2D eigenvalue weighted by Gasteiger charge is 2.32. The maximum Gasteiger partial charge on any atom is 0.305 e. The molecule has 1 saturated carbocycles. The molecule has 0 radical (unpaired) electrons. The van der Waals surface area contributed by atoms with Crippen molar-refractivity contribution in [3.63, 3.8) is 0 Å². The Bertz CT molecular complexity index is 752. The molecule has 1 aromatic rings. The van der Waals surface area contributed by atoms with Gasteiger partial charge in [0.1, 0.15) is 0 Å². The Labute approximate surface area is 147 Å². The number of nitrogens with one attached hydrogen (secondary N) is 2. The molecule has 0 unspecified atom stereocenters. The number of rotatable bonds is 9. The fraction of sp³-hybridized carbons (Fsp3) is 0.529. The average Bonchev–Trinajstić information content (AvgIpc) is 3.37. The molecule has 1 aromatic carbocycles. The van der Waals surface area contributed by atoms with E-state index in [1.54, 1.807) is 0 Å². The molecular formula is C17H24N2O5S. The third kappa shape index (κ3) is 5.02. The lowest BCUT2D eigenvalue weighted by Gasteiger charge is -2.31. The summed E-state index contributed by atoms with van der Waals surface area (Å²) in [5.41, 5.74) is -0.667. The summed E-state index contributed by atoms with van der Waals surface area (Å²) < 4.78 is 27.1. The Kier molecular flexibility index (Phi) is 5.84. The quantitative estimate of drug-likeness (QED) is 0.616. The molecule has 25 heavy (non-hydrogen) atoms. The number of hydrogen-bond acceptors (Lipinski definition) is 4. The van der Waals surface area contributed by atoms with Crippen molar-refractivity contribution in [1.82, 2.24) is 10.0 Å². The van der Waals surface area contributed by atoms with E-state index in [-0.39, 0.29) is 22.9 Å². The van der Waals surface area contributed by atoms with Crippen LogP contribution in [0, 0.1) is 0 Å². The smallest absolute Gasteiger partial charge is 0.305 e. The van der Waals surface area contributed by atoms with Gasteiger partial charge in [-0.3, -0.25) is 9.59 Å². The zero-order valence-corrected chi connectivity index (χ0v) is 15.2. The van der Waals surface area contributed by atoms with Crippen LogP contribution < -0.4 is 10.0 Å². The van der Waals surface area contributed by atoms with Gasteiger partial charge >= 0.3 is 5.97 Å². The SMILES string of the molecule is CCC(CC)(CC(=O)O)NC(=O)c1cccc(S(=O)(=O)NC2CC2)c1. The van der Waals surface area contributed by atoms with Crippen LogP contribution in [0.15, 0.2) is 29.2 Å². The molecule has 0 atom stereocenters. The van der Waals surface area contributed by atoms with Gasteiger partial charge in [0.25, 0.3) is 5.91 Å². The van der Waals surface area contributed by atoms with Crippen molar-refractivity contribution in [3.05, 3.63) is 29.8 Å². The van der Waals surface area contributed by atoms with Crippen molar-refractivity contribution >= 4 is 21.9 Å². The van der Waals surface area contributed by atoms with E-state index in [0.29, 0.717) is 12.8 Å². The van der Waals surface area contributed by atoms with E-state index in [1.165, 1.54) is 24.3 Å². The molecule has 1 aliphatic carbocycles. The van der Waals surface area contributed by atoms with E-state index in [2.05, 4.69) is 10.0 Å². The van der Waals surface area contributed by atoms with Crippen LogP contribution in [-0.4, -0.2) is 37.0 Å². The molecule has 0 saturated heterocycles. The Balaban J connectivity index is 2.21. The van der Waals surface area contributed by atoms with Crippen LogP contribution in [-0.2, 0) is 14.8 Å². The number of hydrogen-bond donors (Lipinski definition) is 3. The second-order valence-corrected chi connectivity index (χ2v) is 8.15. The van der Waals surface area contributed by atoms with Crippen LogP contribution in [0.3, 0.4) is 0 Å². The maximum atomic E-state index is 12.6. The molecule has 0 aromatic heterocycles. The summed E-state index contributed by atoms with van der Waals surface area (Å²) in [5.74, 6) is -1.47. The van der Waals surface area contributed by atoms with Crippen LogP contribution in [0.2, 0.25) is 0 Å². The van der Waals surface area contributed by atoms with Crippen LogP contribution in [0.5, 0.6) is 0 Å². The fourth-order valence-corrected chi connectivity index (χ4v) is 3.97. The number of carboxylic acids is 1. The summed E-state index contributed by atoms with van der Waals surface area (Å²) in [6.45, 7) is 3.63. The first kappa shape index (κ1) is 19.4. The monoisotopic (exact) mass is 368 g/mol. The van der Waals surface area contributed by atoms with E-state index in [4.69, 9.17) is 5.11 Å². The number of sulfonamides is 1. The van der Waals surface area contributed by atoms with Crippen molar-refractivity contribution in [2.45, 2.75) is 62.4 Å². The van der Waals surface area contributed by atoms with Gasteiger partial charge < -0.3 is 10.4 Å². The van der Waals surface area contributed by atoms with Crippen molar-refractivity contribution in [1.29, 1.82) is 0 Å². The highest BCUT2D eigenvalue weighted by molar-refractivity contribution is 7.89. The summed E-state index contributed by atoms with van der Waals surface area (Å²) in [6, 6.07) is 5.75. The topological polar surface area (TPSA) is 113 Å². The molecule has 7 nitrogen and oxygen atoms in total. The lowest BCUT2D eigenvalue weighted by Crippen LogP contribution is -2.49. The van der Waals surface area contributed by atoms with Gasteiger partial charge in [0, 0.05) is 11.6 Å². The number of carbonyl (C=O) groups excluding carboxylic acids is 1. The largest absolute Gasteiger partial charge is 0.481 e. The van der Waals surface area contributed by atoms with Gasteiger partial charge in [0.15, 0.2) is 0 Å². The first-order chi connectivity index (χ1) is 11.7. The zero-order valence-electron chi connectivity index (χ0n) is 14.4. The van der Waals surface area contributed by atoms with Crippen LogP contribution in [0.1, 0.15) is 56.3 Å². The van der Waals surface area contributed by atoms with Gasteiger partial charge in [-0.1, -0.05) is 19.9 Å². The van der Waals surface area contributed by atoms with Crippen molar-refractivity contribution in [2.24, 2.45) is 0 Å². The van der Waals surface area contributed by atoms with Crippen molar-refractivity contribution in [3.8, 4) is 0 Å². The van der Waals surface area contributed by atoms with Crippen molar-refractivity contribution < 1.29 is 23.1 Å². The molecule has 1 amide bonds. The third-order valence-electron chi connectivity index (χ3n) is 4.53. The van der Waals surface area contributed by atoms with E-state index in [1.807, 2.05) is 13.8 Å². The highest BCUT2D eigenvalue weighted by Crippen LogP contribution is 2.23. The number of benzene rings is 1. The molecule has 8 heteroatoms. The molecular weight excluding hydrogens is 344 g/mol. The van der Waals surface area contributed by atoms with E-state index >= 15 is 0 Å². The van der Waals surface area contributed by atoms with Gasteiger partial charge in [-0.05, 0) is 43.9 Å². The molecule has 0 spiro atoms. The Morgan fingerprint density at radius 2 is 1.88 bits per heavy atom. The summed E-state index contributed by atoms with van der Waals surface area (Å²) in [5, 5.41) is 11.9. The van der Waals surface area contributed by atoms with Crippen LogP contribution >= 0.6 is 0 Å². The van der Waals surface area contributed by atoms with Gasteiger partial charge in [0.05, 0.1) is 16.9 Å². The normalized spacial score (nSPS) is 15.0. The average molecular weight is 368 g/mol. The predicted molar refractivity (Wildman–Crippen MR) is 92.8 cm³/mol. The van der Waals surface area contributed by atoms with Crippen LogP contribution in [0.25, 0.3) is 0 Å². The van der Waals surface area contributed by atoms with Crippen molar-refractivity contribution in [2.75, 3.05) is 0 Å². The minimum atomic E-state index is -3.65. The second-order valence-electron chi connectivity index (χ2n) is 6.44. The van der Waals surface area contributed by atoms with Gasteiger partial charge in [-0.25, -0.2) is 13.1 Å². The number of aliphatic carboxylic acids is 1. The first-order valence-electron chi connectivity index (χ1n) is 8.38. The Morgan fingerprint density at radius 3 is 2.40 bits per heavy atom. The molecule has 0 aliphatic heterocycles. The minimum absolute atomic E-state index is 0.0223. The molecule has 138 valence electrons. The Hall–Kier alpha value is -1.93.